The van der Waals surface area contributed by atoms with Crippen molar-refractivity contribution in [2.45, 2.75) is 0 Å². The second-order valence-corrected chi connectivity index (χ2v) is 13.6. The molecule has 51 heavy (non-hydrogen) atoms. The SMILES string of the molecule is c1ccc(-n2c3ccc4c5ccccc5oc4c3c3ccc4c(c5ccccc5n4-c4ccc5c6ccccc6c6ccccc6c5c4)c32)cc1. The molecule has 0 atom stereocenters. The number of nitrogens with zero attached hydrogens (tertiary/aromatic N) is 2. The monoisotopic (exact) mass is 648 g/mol. The molecule has 0 fully saturated rings. The first-order chi connectivity index (χ1) is 25.3. The summed E-state index contributed by atoms with van der Waals surface area (Å²) in [5.74, 6) is 0. The molecule has 0 unspecified atom stereocenters. The van der Waals surface area contributed by atoms with Crippen molar-refractivity contribution in [3.8, 4) is 11.4 Å². The summed E-state index contributed by atoms with van der Waals surface area (Å²) in [5.41, 5.74) is 8.80. The Morgan fingerprint density at radius 3 is 1.61 bits per heavy atom. The lowest BCUT2D eigenvalue weighted by Gasteiger charge is -2.14. The normalized spacial score (nSPS) is 12.3. The van der Waals surface area contributed by atoms with E-state index in [9.17, 15) is 0 Å². The van der Waals surface area contributed by atoms with E-state index >= 15 is 0 Å². The highest BCUT2D eigenvalue weighted by Crippen LogP contribution is 2.46. The lowest BCUT2D eigenvalue weighted by atomic mass is 9.94. The van der Waals surface area contributed by atoms with Crippen LogP contribution in [-0.4, -0.2) is 9.13 Å². The van der Waals surface area contributed by atoms with Crippen molar-refractivity contribution in [2.75, 3.05) is 0 Å². The van der Waals surface area contributed by atoms with Crippen LogP contribution in [0.1, 0.15) is 0 Å². The molecule has 3 heterocycles. The summed E-state index contributed by atoms with van der Waals surface area (Å²) < 4.78 is 11.6. The topological polar surface area (TPSA) is 23.0 Å². The van der Waals surface area contributed by atoms with Gasteiger partial charge < -0.3 is 13.6 Å². The Morgan fingerprint density at radius 2 is 0.863 bits per heavy atom. The Morgan fingerprint density at radius 1 is 0.314 bits per heavy atom. The lowest BCUT2D eigenvalue weighted by Crippen LogP contribution is -1.95. The van der Waals surface area contributed by atoms with Gasteiger partial charge in [0.15, 0.2) is 0 Å². The number of aromatic nitrogens is 2. The number of hydrogen-bond acceptors (Lipinski definition) is 1. The Hall–Kier alpha value is -6.84. The van der Waals surface area contributed by atoms with Crippen molar-refractivity contribution < 1.29 is 4.42 Å². The summed E-state index contributed by atoms with van der Waals surface area (Å²) in [4.78, 5) is 0. The summed E-state index contributed by atoms with van der Waals surface area (Å²) in [6.07, 6.45) is 0. The second-order valence-electron chi connectivity index (χ2n) is 13.6. The lowest BCUT2D eigenvalue weighted by molar-refractivity contribution is 0.673. The highest BCUT2D eigenvalue weighted by atomic mass is 16.3. The predicted octanol–water partition coefficient (Wildman–Crippen LogP) is 13.2. The van der Waals surface area contributed by atoms with Gasteiger partial charge in [-0.2, -0.15) is 0 Å². The fourth-order valence-electron chi connectivity index (χ4n) is 8.98. The van der Waals surface area contributed by atoms with E-state index in [1.807, 2.05) is 6.07 Å². The zero-order chi connectivity index (χ0) is 33.2. The maximum absolute atomic E-state index is 6.69. The molecule has 0 amide bonds. The minimum Gasteiger partial charge on any atom is -0.455 e. The first-order valence-corrected chi connectivity index (χ1v) is 17.5. The summed E-state index contributed by atoms with van der Waals surface area (Å²) in [6.45, 7) is 0. The molecule has 0 aliphatic heterocycles. The average Bonchev–Trinajstić information content (AvgIpc) is 3.86. The van der Waals surface area contributed by atoms with Crippen molar-refractivity contribution in [3.05, 3.63) is 170 Å². The number of para-hydroxylation sites is 3. The first-order valence-electron chi connectivity index (χ1n) is 17.5. The highest BCUT2D eigenvalue weighted by Gasteiger charge is 2.24. The van der Waals surface area contributed by atoms with E-state index in [0.29, 0.717) is 0 Å². The van der Waals surface area contributed by atoms with Gasteiger partial charge in [0, 0.05) is 38.3 Å². The van der Waals surface area contributed by atoms with Crippen molar-refractivity contribution in [1.29, 1.82) is 0 Å². The molecule has 0 aliphatic rings. The van der Waals surface area contributed by atoms with Crippen LogP contribution in [0.2, 0.25) is 0 Å². The van der Waals surface area contributed by atoms with E-state index in [4.69, 9.17) is 4.42 Å². The van der Waals surface area contributed by atoms with E-state index in [2.05, 4.69) is 173 Å². The largest absolute Gasteiger partial charge is 0.455 e. The van der Waals surface area contributed by atoms with Gasteiger partial charge in [0.05, 0.1) is 27.5 Å². The van der Waals surface area contributed by atoms with Gasteiger partial charge >= 0.3 is 0 Å². The molecule has 12 rings (SSSR count). The van der Waals surface area contributed by atoms with Gasteiger partial charge in [-0.05, 0) is 93.0 Å². The molecule has 12 aromatic rings. The van der Waals surface area contributed by atoms with Gasteiger partial charge in [0.1, 0.15) is 11.2 Å². The fraction of sp³-hybridized carbons (Fsp3) is 0. The Balaban J connectivity index is 1.25. The third-order valence-electron chi connectivity index (χ3n) is 11.1. The van der Waals surface area contributed by atoms with Gasteiger partial charge in [0.2, 0.25) is 0 Å². The van der Waals surface area contributed by atoms with Crippen molar-refractivity contribution in [1.82, 2.24) is 9.13 Å². The molecule has 0 aliphatic carbocycles. The van der Waals surface area contributed by atoms with Gasteiger partial charge in [-0.3, -0.25) is 0 Å². The number of hydrogen-bond donors (Lipinski definition) is 0. The zero-order valence-corrected chi connectivity index (χ0v) is 27.5. The molecule has 3 heteroatoms. The van der Waals surface area contributed by atoms with Gasteiger partial charge in [-0.1, -0.05) is 109 Å². The van der Waals surface area contributed by atoms with Gasteiger partial charge in [0.25, 0.3) is 0 Å². The molecule has 0 N–H and O–H groups in total. The summed E-state index contributed by atoms with van der Waals surface area (Å²) in [7, 11) is 0. The van der Waals surface area contributed by atoms with Crippen LogP contribution in [0, 0.1) is 0 Å². The second kappa shape index (κ2) is 9.87. The third-order valence-corrected chi connectivity index (χ3v) is 11.1. The zero-order valence-electron chi connectivity index (χ0n) is 27.5. The minimum atomic E-state index is 0.912. The quantitative estimate of drug-likeness (QED) is 0.171. The fourth-order valence-corrected chi connectivity index (χ4v) is 8.98. The molecular formula is C48H28N2O. The molecular weight excluding hydrogens is 621 g/mol. The molecule has 0 radical (unpaired) electrons. The van der Waals surface area contributed by atoms with Crippen molar-refractivity contribution >= 4 is 97.9 Å². The number of fused-ring (bicyclic) bond motifs is 17. The molecule has 0 saturated carbocycles. The molecule has 0 bridgehead atoms. The summed E-state index contributed by atoms with van der Waals surface area (Å²) in [5, 5.41) is 14.7. The molecule has 9 aromatic carbocycles. The van der Waals surface area contributed by atoms with Crippen LogP contribution in [0.5, 0.6) is 0 Å². The van der Waals surface area contributed by atoms with E-state index in [-0.39, 0.29) is 0 Å². The van der Waals surface area contributed by atoms with E-state index in [0.717, 1.165) is 44.2 Å². The standard InChI is InChI=1S/C48H28N2O/c1-2-12-29(13-3-1)50-43-26-24-37-36-18-9-11-21-44(36)51-48(37)46(43)39-25-27-42-45(47(39)50)38-19-8-10-20-41(38)49(42)30-22-23-35-33-16-5-4-14-31(33)32-15-6-7-17-34(32)40(35)28-30/h1-28H. The van der Waals surface area contributed by atoms with Crippen LogP contribution in [0.4, 0.5) is 0 Å². The van der Waals surface area contributed by atoms with Gasteiger partial charge in [-0.25, -0.2) is 0 Å². The Bertz CT molecular complexity index is 3380. The van der Waals surface area contributed by atoms with E-state index < -0.39 is 0 Å². The van der Waals surface area contributed by atoms with Crippen LogP contribution in [0.15, 0.2) is 174 Å². The Labute approximate surface area is 291 Å². The van der Waals surface area contributed by atoms with Crippen LogP contribution in [0.3, 0.4) is 0 Å². The van der Waals surface area contributed by atoms with Crippen molar-refractivity contribution in [2.24, 2.45) is 0 Å². The molecule has 3 nitrogen and oxygen atoms in total. The Kier molecular flexibility index (Phi) is 5.23. The molecule has 3 aromatic heterocycles. The average molecular weight is 649 g/mol. The number of furan rings is 1. The molecule has 236 valence electrons. The van der Waals surface area contributed by atoms with Crippen LogP contribution < -0.4 is 0 Å². The van der Waals surface area contributed by atoms with E-state index in [1.165, 1.54) is 65.0 Å². The number of rotatable bonds is 2. The van der Waals surface area contributed by atoms with Gasteiger partial charge in [-0.15, -0.1) is 0 Å². The third kappa shape index (κ3) is 3.52. The summed E-state index contributed by atoms with van der Waals surface area (Å²) >= 11 is 0. The van der Waals surface area contributed by atoms with Crippen LogP contribution in [-0.2, 0) is 0 Å². The predicted molar refractivity (Wildman–Crippen MR) is 215 cm³/mol. The summed E-state index contributed by atoms with van der Waals surface area (Å²) in [6, 6.07) is 61.7. The van der Waals surface area contributed by atoms with Crippen LogP contribution in [0.25, 0.3) is 109 Å². The van der Waals surface area contributed by atoms with Crippen molar-refractivity contribution in [3.63, 3.8) is 0 Å². The maximum atomic E-state index is 6.69. The number of benzene rings is 9. The highest BCUT2D eigenvalue weighted by molar-refractivity contribution is 6.31. The maximum Gasteiger partial charge on any atom is 0.145 e. The molecule has 0 saturated heterocycles. The minimum absolute atomic E-state index is 0.912. The smallest absolute Gasteiger partial charge is 0.145 e. The molecule has 0 spiro atoms. The van der Waals surface area contributed by atoms with Crippen LogP contribution >= 0.6 is 0 Å². The first kappa shape index (κ1) is 27.0. The van der Waals surface area contributed by atoms with E-state index in [1.54, 1.807) is 0 Å².